The molecule has 0 saturated carbocycles. The van der Waals surface area contributed by atoms with Crippen LogP contribution >= 0.6 is 0 Å². The fourth-order valence-corrected chi connectivity index (χ4v) is 1.21. The van der Waals surface area contributed by atoms with Gasteiger partial charge in [0.1, 0.15) is 6.54 Å². The molecule has 2 amide bonds. The largest absolute Gasteiger partial charge is 0.465 e. The number of ether oxygens (including phenoxy) is 1. The van der Waals surface area contributed by atoms with Crippen LogP contribution in [0.15, 0.2) is 0 Å². The van der Waals surface area contributed by atoms with Crippen molar-refractivity contribution in [1.29, 1.82) is 0 Å². The van der Waals surface area contributed by atoms with E-state index in [9.17, 15) is 14.4 Å². The van der Waals surface area contributed by atoms with Crippen molar-refractivity contribution in [2.75, 3.05) is 26.2 Å². The van der Waals surface area contributed by atoms with Crippen LogP contribution in [0.2, 0.25) is 0 Å². The molecule has 0 spiro atoms. The number of hydrogen-bond acceptors (Lipinski definition) is 6. The predicted molar refractivity (Wildman–Crippen MR) is 68.9 cm³/mol. The van der Waals surface area contributed by atoms with Crippen molar-refractivity contribution in [1.82, 2.24) is 10.6 Å². The second kappa shape index (κ2) is 10.3. The fraction of sp³-hybridized carbons (Fsp3) is 0.727. The van der Waals surface area contributed by atoms with Crippen LogP contribution in [0.4, 0.5) is 0 Å². The molecule has 1 atom stereocenters. The summed E-state index contributed by atoms with van der Waals surface area (Å²) < 4.78 is 4.63. The zero-order chi connectivity index (χ0) is 14.7. The second-order valence-corrected chi connectivity index (χ2v) is 3.84. The third kappa shape index (κ3) is 8.97. The van der Waals surface area contributed by atoms with E-state index in [1.165, 1.54) is 0 Å². The molecule has 0 aromatic carbocycles. The molecule has 6 N–H and O–H groups in total. The summed E-state index contributed by atoms with van der Waals surface area (Å²) in [5.41, 5.74) is 10.9. The van der Waals surface area contributed by atoms with Gasteiger partial charge in [-0.1, -0.05) is 0 Å². The first-order chi connectivity index (χ1) is 9.01. The normalized spacial score (nSPS) is 11.5. The van der Waals surface area contributed by atoms with E-state index < -0.39 is 23.8 Å². The van der Waals surface area contributed by atoms with Crippen LogP contribution in [0.5, 0.6) is 0 Å². The highest BCUT2D eigenvalue weighted by atomic mass is 16.5. The summed E-state index contributed by atoms with van der Waals surface area (Å²) in [5.74, 6) is -1.42. The number of carbonyl (C=O) groups excluding carboxylic acids is 3. The zero-order valence-electron chi connectivity index (χ0n) is 11.1. The highest BCUT2D eigenvalue weighted by Gasteiger charge is 2.14. The van der Waals surface area contributed by atoms with Crippen LogP contribution in [-0.4, -0.2) is 50.1 Å². The lowest BCUT2D eigenvalue weighted by Crippen LogP contribution is -2.45. The maximum Gasteiger partial charge on any atom is 0.325 e. The molecule has 0 aromatic rings. The monoisotopic (exact) mass is 274 g/mol. The Bertz CT molecular complexity index is 309. The van der Waals surface area contributed by atoms with E-state index in [-0.39, 0.29) is 19.7 Å². The summed E-state index contributed by atoms with van der Waals surface area (Å²) in [6.45, 7) is 1.93. The first-order valence-electron chi connectivity index (χ1n) is 6.16. The third-order valence-electron chi connectivity index (χ3n) is 2.21. The Morgan fingerprint density at radius 3 is 2.47 bits per heavy atom. The van der Waals surface area contributed by atoms with Gasteiger partial charge in [0.2, 0.25) is 11.8 Å². The average Bonchev–Trinajstić information content (AvgIpc) is 2.40. The molecule has 110 valence electrons. The SMILES string of the molecule is CCOC(=O)CNC(=O)CNC(=O)C(N)CCCN. The Labute approximate surface area is 112 Å². The fourth-order valence-electron chi connectivity index (χ4n) is 1.21. The molecule has 0 saturated heterocycles. The standard InChI is InChI=1S/C11H22N4O4/c1-2-19-10(17)7-14-9(16)6-15-11(18)8(13)4-3-5-12/h8H,2-7,12-13H2,1H3,(H,14,16)(H,15,18). The first-order valence-corrected chi connectivity index (χ1v) is 6.16. The molecule has 0 aromatic heterocycles. The summed E-state index contributed by atoms with van der Waals surface area (Å²) in [7, 11) is 0. The number of rotatable bonds is 9. The first kappa shape index (κ1) is 17.3. The molecule has 0 fully saturated rings. The molecule has 1 unspecified atom stereocenters. The number of hydrogen-bond donors (Lipinski definition) is 4. The molecule has 8 nitrogen and oxygen atoms in total. The van der Waals surface area contributed by atoms with Crippen LogP contribution in [0.3, 0.4) is 0 Å². The smallest absolute Gasteiger partial charge is 0.325 e. The van der Waals surface area contributed by atoms with Gasteiger partial charge in [-0.3, -0.25) is 14.4 Å². The Kier molecular flexibility index (Phi) is 9.37. The Balaban J connectivity index is 3.77. The second-order valence-electron chi connectivity index (χ2n) is 3.84. The molecule has 0 rings (SSSR count). The minimum absolute atomic E-state index is 0.220. The minimum atomic E-state index is -0.679. The van der Waals surface area contributed by atoms with Crippen molar-refractivity contribution >= 4 is 17.8 Å². The molecule has 0 bridgehead atoms. The Morgan fingerprint density at radius 2 is 1.89 bits per heavy atom. The molecule has 0 aliphatic carbocycles. The number of nitrogens with two attached hydrogens (primary N) is 2. The lowest BCUT2D eigenvalue weighted by molar-refractivity contribution is -0.143. The zero-order valence-corrected chi connectivity index (χ0v) is 11.1. The molecule has 0 heterocycles. The lowest BCUT2D eigenvalue weighted by Gasteiger charge is -2.11. The van der Waals surface area contributed by atoms with Crippen molar-refractivity contribution in [2.24, 2.45) is 11.5 Å². The molecule has 8 heteroatoms. The van der Waals surface area contributed by atoms with Crippen molar-refractivity contribution in [2.45, 2.75) is 25.8 Å². The van der Waals surface area contributed by atoms with Gasteiger partial charge >= 0.3 is 5.97 Å². The number of nitrogens with one attached hydrogen (secondary N) is 2. The van der Waals surface area contributed by atoms with Gasteiger partial charge in [0.05, 0.1) is 19.2 Å². The molecular weight excluding hydrogens is 252 g/mol. The summed E-state index contributed by atoms with van der Waals surface area (Å²) in [5, 5.41) is 4.69. The Hall–Kier alpha value is -1.67. The molecule has 0 aliphatic heterocycles. The van der Waals surface area contributed by atoms with E-state index in [2.05, 4.69) is 15.4 Å². The van der Waals surface area contributed by atoms with Gasteiger partial charge in [-0.25, -0.2) is 0 Å². The van der Waals surface area contributed by atoms with Gasteiger partial charge < -0.3 is 26.8 Å². The van der Waals surface area contributed by atoms with Crippen molar-refractivity contribution < 1.29 is 19.1 Å². The van der Waals surface area contributed by atoms with Gasteiger partial charge in [0.15, 0.2) is 0 Å². The van der Waals surface area contributed by atoms with Gasteiger partial charge in [0, 0.05) is 0 Å². The summed E-state index contributed by atoms with van der Waals surface area (Å²) in [4.78, 5) is 33.7. The van der Waals surface area contributed by atoms with E-state index in [0.29, 0.717) is 19.4 Å². The minimum Gasteiger partial charge on any atom is -0.465 e. The van der Waals surface area contributed by atoms with Crippen LogP contribution in [0.1, 0.15) is 19.8 Å². The number of carbonyl (C=O) groups is 3. The van der Waals surface area contributed by atoms with Crippen LogP contribution in [0.25, 0.3) is 0 Å². The highest BCUT2D eigenvalue weighted by molar-refractivity contribution is 5.88. The van der Waals surface area contributed by atoms with Gasteiger partial charge in [-0.2, -0.15) is 0 Å². The maximum absolute atomic E-state index is 11.4. The quantitative estimate of drug-likeness (QED) is 0.354. The molecular formula is C11H22N4O4. The maximum atomic E-state index is 11.4. The lowest BCUT2D eigenvalue weighted by atomic mass is 10.1. The van der Waals surface area contributed by atoms with Gasteiger partial charge in [0.25, 0.3) is 0 Å². The molecule has 19 heavy (non-hydrogen) atoms. The van der Waals surface area contributed by atoms with E-state index in [1.54, 1.807) is 6.92 Å². The van der Waals surface area contributed by atoms with Crippen molar-refractivity contribution in [3.05, 3.63) is 0 Å². The highest BCUT2D eigenvalue weighted by Crippen LogP contribution is 1.92. The molecule has 0 radical (unpaired) electrons. The summed E-state index contributed by atoms with van der Waals surface area (Å²) >= 11 is 0. The van der Waals surface area contributed by atoms with Crippen LogP contribution in [0, 0.1) is 0 Å². The van der Waals surface area contributed by atoms with Crippen LogP contribution in [-0.2, 0) is 19.1 Å². The topological polar surface area (TPSA) is 137 Å². The van der Waals surface area contributed by atoms with Crippen LogP contribution < -0.4 is 22.1 Å². The third-order valence-corrected chi connectivity index (χ3v) is 2.21. The number of amides is 2. The van der Waals surface area contributed by atoms with E-state index >= 15 is 0 Å². The average molecular weight is 274 g/mol. The Morgan fingerprint density at radius 1 is 1.21 bits per heavy atom. The molecule has 0 aliphatic rings. The summed E-state index contributed by atoms with van der Waals surface area (Å²) in [6.07, 6.45) is 1.11. The van der Waals surface area contributed by atoms with Gasteiger partial charge in [-0.15, -0.1) is 0 Å². The number of esters is 1. The van der Waals surface area contributed by atoms with E-state index in [1.807, 2.05) is 0 Å². The van der Waals surface area contributed by atoms with E-state index in [4.69, 9.17) is 11.5 Å². The van der Waals surface area contributed by atoms with E-state index in [0.717, 1.165) is 0 Å². The van der Waals surface area contributed by atoms with Gasteiger partial charge in [-0.05, 0) is 26.3 Å². The summed E-state index contributed by atoms with van der Waals surface area (Å²) in [6, 6.07) is -0.679. The predicted octanol–water partition coefficient (Wildman–Crippen LogP) is -2.15. The van der Waals surface area contributed by atoms with Crippen molar-refractivity contribution in [3.63, 3.8) is 0 Å². The van der Waals surface area contributed by atoms with Crippen molar-refractivity contribution in [3.8, 4) is 0 Å².